The van der Waals surface area contributed by atoms with Gasteiger partial charge in [0.05, 0.1) is 23.9 Å². The Morgan fingerprint density at radius 2 is 1.82 bits per heavy atom. The lowest BCUT2D eigenvalue weighted by Crippen LogP contribution is -2.19. The maximum atomic E-state index is 12.7. The van der Waals surface area contributed by atoms with E-state index in [1.807, 2.05) is 67.2 Å². The van der Waals surface area contributed by atoms with Gasteiger partial charge < -0.3 is 4.74 Å². The van der Waals surface area contributed by atoms with Crippen molar-refractivity contribution in [2.24, 2.45) is 0 Å². The van der Waals surface area contributed by atoms with E-state index in [4.69, 9.17) is 9.84 Å². The molecule has 0 aliphatic rings. The average Bonchev–Trinajstić information content (AvgIpc) is 3.27. The maximum Gasteiger partial charge on any atom is 0.313 e. The zero-order valence-electron chi connectivity index (χ0n) is 19.1. The molecule has 1 heterocycles. The minimum Gasteiger partial charge on any atom is -0.466 e. The highest BCUT2D eigenvalue weighted by Gasteiger charge is 2.24. The molecule has 0 spiro atoms. The molecular weight excluding hydrogens is 476 g/mol. The Bertz CT molecular complexity index is 1260. The highest BCUT2D eigenvalue weighted by molar-refractivity contribution is 9.10. The summed E-state index contributed by atoms with van der Waals surface area (Å²) in [4.78, 5) is 12.7. The van der Waals surface area contributed by atoms with E-state index in [1.54, 1.807) is 0 Å². The Kier molecular flexibility index (Phi) is 7.09. The SMILES string of the molecule is CCOC(=O)C(Cc1ccn(-c2ccc(C)c(-c3ccc(Br)cc3)c2)n1)c1cccc(C)c1. The van der Waals surface area contributed by atoms with Crippen molar-refractivity contribution in [1.82, 2.24) is 9.78 Å². The van der Waals surface area contributed by atoms with Gasteiger partial charge >= 0.3 is 5.97 Å². The summed E-state index contributed by atoms with van der Waals surface area (Å²) in [6.07, 6.45) is 2.44. The number of carbonyl (C=O) groups is 1. The molecule has 1 aromatic heterocycles. The van der Waals surface area contributed by atoms with Crippen molar-refractivity contribution in [2.75, 3.05) is 6.61 Å². The molecule has 4 nitrogen and oxygen atoms in total. The number of aromatic nitrogens is 2. The van der Waals surface area contributed by atoms with E-state index in [9.17, 15) is 4.79 Å². The van der Waals surface area contributed by atoms with Gasteiger partial charge in [0, 0.05) is 17.1 Å². The average molecular weight is 503 g/mol. The maximum absolute atomic E-state index is 12.7. The Morgan fingerprint density at radius 1 is 1.03 bits per heavy atom. The van der Waals surface area contributed by atoms with Crippen LogP contribution in [0.15, 0.2) is 83.5 Å². The summed E-state index contributed by atoms with van der Waals surface area (Å²) in [5.74, 6) is -0.602. The molecule has 1 unspecified atom stereocenters. The van der Waals surface area contributed by atoms with Crippen LogP contribution in [0.3, 0.4) is 0 Å². The van der Waals surface area contributed by atoms with Crippen LogP contribution in [0.4, 0.5) is 0 Å². The van der Waals surface area contributed by atoms with E-state index in [0.717, 1.165) is 32.5 Å². The van der Waals surface area contributed by atoms with Gasteiger partial charge in [0.1, 0.15) is 0 Å². The van der Waals surface area contributed by atoms with Crippen molar-refractivity contribution in [2.45, 2.75) is 33.1 Å². The molecule has 0 N–H and O–H groups in total. The quantitative estimate of drug-likeness (QED) is 0.260. The molecule has 0 aliphatic carbocycles. The monoisotopic (exact) mass is 502 g/mol. The number of hydrogen-bond acceptors (Lipinski definition) is 3. The number of esters is 1. The van der Waals surface area contributed by atoms with Gasteiger partial charge in [-0.25, -0.2) is 4.68 Å². The fourth-order valence-corrected chi connectivity index (χ4v) is 4.25. The first-order valence-electron chi connectivity index (χ1n) is 11.1. The third-order valence-corrected chi connectivity index (χ3v) is 6.24. The topological polar surface area (TPSA) is 44.1 Å². The van der Waals surface area contributed by atoms with Crippen molar-refractivity contribution >= 4 is 21.9 Å². The van der Waals surface area contributed by atoms with Gasteiger partial charge in [-0.3, -0.25) is 4.79 Å². The largest absolute Gasteiger partial charge is 0.466 e. The van der Waals surface area contributed by atoms with Crippen molar-refractivity contribution in [3.05, 3.63) is 106 Å². The molecule has 0 aliphatic heterocycles. The molecule has 168 valence electrons. The van der Waals surface area contributed by atoms with Crippen LogP contribution in [0.25, 0.3) is 16.8 Å². The molecule has 0 bridgehead atoms. The van der Waals surface area contributed by atoms with Gasteiger partial charge in [0.2, 0.25) is 0 Å². The van der Waals surface area contributed by atoms with Crippen molar-refractivity contribution in [3.8, 4) is 16.8 Å². The minimum atomic E-state index is -0.385. The highest BCUT2D eigenvalue weighted by atomic mass is 79.9. The van der Waals surface area contributed by atoms with E-state index in [0.29, 0.717) is 13.0 Å². The summed E-state index contributed by atoms with van der Waals surface area (Å²) < 4.78 is 8.30. The molecule has 3 aromatic carbocycles. The summed E-state index contributed by atoms with van der Waals surface area (Å²) >= 11 is 3.50. The van der Waals surface area contributed by atoms with Crippen LogP contribution in [-0.4, -0.2) is 22.4 Å². The van der Waals surface area contributed by atoms with Crippen LogP contribution in [0.5, 0.6) is 0 Å². The lowest BCUT2D eigenvalue weighted by Gasteiger charge is -2.15. The first-order valence-corrected chi connectivity index (χ1v) is 11.9. The first kappa shape index (κ1) is 23.0. The highest BCUT2D eigenvalue weighted by Crippen LogP contribution is 2.28. The Morgan fingerprint density at radius 3 is 2.55 bits per heavy atom. The molecule has 0 fully saturated rings. The number of aryl methyl sites for hydroxylation is 2. The molecule has 5 heteroatoms. The number of halogens is 1. The molecule has 0 saturated carbocycles. The van der Waals surface area contributed by atoms with Gasteiger partial charge in [-0.05, 0) is 73.4 Å². The van der Waals surface area contributed by atoms with E-state index < -0.39 is 0 Å². The first-order chi connectivity index (χ1) is 15.9. The van der Waals surface area contributed by atoms with Crippen LogP contribution < -0.4 is 0 Å². The second-order valence-electron chi connectivity index (χ2n) is 8.18. The molecule has 0 amide bonds. The Hall–Kier alpha value is -3.18. The zero-order chi connectivity index (χ0) is 23.4. The van der Waals surface area contributed by atoms with Crippen LogP contribution in [0, 0.1) is 13.8 Å². The normalized spacial score (nSPS) is 11.9. The smallest absolute Gasteiger partial charge is 0.313 e. The van der Waals surface area contributed by atoms with Gasteiger partial charge in [0.25, 0.3) is 0 Å². The summed E-state index contributed by atoms with van der Waals surface area (Å²) in [6.45, 7) is 6.33. The minimum absolute atomic E-state index is 0.217. The molecule has 33 heavy (non-hydrogen) atoms. The molecular formula is C28H27BrN2O2. The third kappa shape index (κ3) is 5.42. The lowest BCUT2D eigenvalue weighted by atomic mass is 9.93. The number of carbonyl (C=O) groups excluding carboxylic acids is 1. The van der Waals surface area contributed by atoms with Crippen LogP contribution in [-0.2, 0) is 16.0 Å². The standard InChI is InChI=1S/C28H27BrN2O2/c1-4-33-28(32)27(22-7-5-6-19(2)16-22)17-24-14-15-31(30-24)25-13-8-20(3)26(18-25)21-9-11-23(29)12-10-21/h5-16,18,27H,4,17H2,1-3H3. The Balaban J connectivity index is 1.62. The van der Waals surface area contributed by atoms with E-state index >= 15 is 0 Å². The van der Waals surface area contributed by atoms with Crippen molar-refractivity contribution in [3.63, 3.8) is 0 Å². The van der Waals surface area contributed by atoms with Crippen LogP contribution >= 0.6 is 15.9 Å². The molecule has 0 radical (unpaired) electrons. The van der Waals surface area contributed by atoms with Gasteiger partial charge in [-0.1, -0.05) is 64.0 Å². The van der Waals surface area contributed by atoms with Crippen molar-refractivity contribution in [1.29, 1.82) is 0 Å². The molecule has 1 atom stereocenters. The fourth-order valence-electron chi connectivity index (χ4n) is 3.98. The summed E-state index contributed by atoms with van der Waals surface area (Å²) in [5, 5.41) is 4.79. The van der Waals surface area contributed by atoms with Crippen molar-refractivity contribution < 1.29 is 9.53 Å². The zero-order valence-corrected chi connectivity index (χ0v) is 20.7. The molecule has 0 saturated heterocycles. The number of ether oxygens (including phenoxy) is 1. The molecule has 4 rings (SSSR count). The number of benzene rings is 3. The van der Waals surface area contributed by atoms with E-state index in [1.165, 1.54) is 11.1 Å². The summed E-state index contributed by atoms with van der Waals surface area (Å²) in [6, 6.07) is 24.7. The van der Waals surface area contributed by atoms with Gasteiger partial charge in [-0.15, -0.1) is 0 Å². The van der Waals surface area contributed by atoms with Gasteiger partial charge in [-0.2, -0.15) is 5.10 Å². The summed E-state index contributed by atoms with van der Waals surface area (Å²) in [5.41, 5.74) is 7.43. The Labute approximate surface area is 203 Å². The second kappa shape index (κ2) is 10.2. The number of rotatable bonds is 7. The van der Waals surface area contributed by atoms with E-state index in [2.05, 4.69) is 53.2 Å². The fraction of sp³-hybridized carbons (Fsp3) is 0.214. The van der Waals surface area contributed by atoms with Crippen LogP contribution in [0.2, 0.25) is 0 Å². The van der Waals surface area contributed by atoms with E-state index in [-0.39, 0.29) is 11.9 Å². The number of nitrogens with zero attached hydrogens (tertiary/aromatic N) is 2. The second-order valence-corrected chi connectivity index (χ2v) is 9.10. The third-order valence-electron chi connectivity index (χ3n) is 5.71. The summed E-state index contributed by atoms with van der Waals surface area (Å²) in [7, 11) is 0. The lowest BCUT2D eigenvalue weighted by molar-refractivity contribution is -0.145. The number of hydrogen-bond donors (Lipinski definition) is 0. The van der Waals surface area contributed by atoms with Crippen LogP contribution in [0.1, 0.15) is 35.2 Å². The predicted molar refractivity (Wildman–Crippen MR) is 136 cm³/mol. The predicted octanol–water partition coefficient (Wildman–Crippen LogP) is 6.81. The van der Waals surface area contributed by atoms with Gasteiger partial charge in [0.15, 0.2) is 0 Å². The molecule has 4 aromatic rings.